The van der Waals surface area contributed by atoms with E-state index in [0.29, 0.717) is 27.7 Å². The molecule has 5 heteroatoms. The molecule has 0 bridgehead atoms. The Bertz CT molecular complexity index is 773. The first-order valence-electron chi connectivity index (χ1n) is 14.5. The molecule has 1 rings (SSSR count). The minimum absolute atomic E-state index is 0.0752. The van der Waals surface area contributed by atoms with Crippen molar-refractivity contribution in [3.8, 4) is 0 Å². The van der Waals surface area contributed by atoms with E-state index in [-0.39, 0.29) is 23.1 Å². The summed E-state index contributed by atoms with van der Waals surface area (Å²) in [4.78, 5) is 26.8. The summed E-state index contributed by atoms with van der Waals surface area (Å²) < 4.78 is 14.0. The molecule has 1 aromatic rings. The molecule has 0 aliphatic rings. The van der Waals surface area contributed by atoms with Crippen LogP contribution in [0, 0.1) is 38.0 Å². The summed E-state index contributed by atoms with van der Waals surface area (Å²) in [7, 11) is 0.611. The number of esters is 1. The molecule has 0 saturated heterocycles. The van der Waals surface area contributed by atoms with Gasteiger partial charge >= 0.3 is 5.97 Å². The molecule has 4 nitrogen and oxygen atoms in total. The summed E-state index contributed by atoms with van der Waals surface area (Å²) in [6.07, 6.45) is 13.9. The Balaban J connectivity index is 0.00000631. The number of ether oxygens (including phenoxy) is 1. The van der Waals surface area contributed by atoms with Gasteiger partial charge in [0.05, 0.1) is 15.7 Å². The van der Waals surface area contributed by atoms with Crippen molar-refractivity contribution >= 4 is 20.9 Å². The summed E-state index contributed by atoms with van der Waals surface area (Å²) in [5.74, 6) is -0.879. The highest BCUT2D eigenvalue weighted by molar-refractivity contribution is 7.00. The highest BCUT2D eigenvalue weighted by atomic mass is 31.0. The van der Waals surface area contributed by atoms with E-state index in [9.17, 15) is 9.59 Å². The fourth-order valence-electron chi connectivity index (χ4n) is 5.45. The van der Waals surface area contributed by atoms with Crippen LogP contribution in [0.2, 0.25) is 0 Å². The molecule has 0 aliphatic heterocycles. The second-order valence-electron chi connectivity index (χ2n) is 12.1. The second kappa shape index (κ2) is 19.6. The van der Waals surface area contributed by atoms with Gasteiger partial charge in [0.25, 0.3) is 0 Å². The van der Waals surface area contributed by atoms with E-state index in [0.717, 1.165) is 36.0 Å². The van der Waals surface area contributed by atoms with E-state index in [4.69, 9.17) is 9.30 Å². The summed E-state index contributed by atoms with van der Waals surface area (Å²) in [6.45, 7) is 17.4. The summed E-state index contributed by atoms with van der Waals surface area (Å²) in [5, 5.41) is 0. The van der Waals surface area contributed by atoms with Crippen LogP contribution in [0.3, 0.4) is 0 Å². The Kier molecular flexibility index (Phi) is 18.9. The zero-order chi connectivity index (χ0) is 28.4. The van der Waals surface area contributed by atoms with E-state index in [2.05, 4.69) is 34.6 Å². The van der Waals surface area contributed by atoms with Crippen LogP contribution in [-0.4, -0.2) is 18.4 Å². The molecule has 0 heterocycles. The highest BCUT2D eigenvalue weighted by Crippen LogP contribution is 2.31. The minimum atomic E-state index is -0.726. The number of rotatable bonds is 17. The van der Waals surface area contributed by atoms with Crippen LogP contribution in [0.4, 0.5) is 0 Å². The van der Waals surface area contributed by atoms with E-state index >= 15 is 0 Å². The molecule has 1 aromatic carbocycles. The Morgan fingerprint density at radius 2 is 1.30 bits per heavy atom. The lowest BCUT2D eigenvalue weighted by Gasteiger charge is -2.26. The molecule has 214 valence electrons. The molecule has 3 atom stereocenters. The lowest BCUT2D eigenvalue weighted by Crippen LogP contribution is -2.30. The smallest absolute Gasteiger partial charge is 0.316 e. The van der Waals surface area contributed by atoms with Crippen LogP contribution in [-0.2, 0) is 14.1 Å². The summed E-state index contributed by atoms with van der Waals surface area (Å²) >= 11 is 0. The Morgan fingerprint density at radius 3 is 1.76 bits per heavy atom. The first-order valence-corrected chi connectivity index (χ1v) is 15.1. The molecular formula is C32H57O4P. The van der Waals surface area contributed by atoms with Crippen LogP contribution in [0.1, 0.15) is 139 Å². The molecule has 0 fully saturated rings. The van der Waals surface area contributed by atoms with Crippen molar-refractivity contribution in [2.24, 2.45) is 17.3 Å². The van der Waals surface area contributed by atoms with Gasteiger partial charge in [-0.05, 0) is 62.5 Å². The maximum absolute atomic E-state index is 13.6. The first-order chi connectivity index (χ1) is 17.5. The third-order valence-corrected chi connectivity index (χ3v) is 6.87. The van der Waals surface area contributed by atoms with E-state index < -0.39 is 5.92 Å². The molecule has 0 aromatic heterocycles. The number of carbonyl (C=O) groups is 2. The van der Waals surface area contributed by atoms with Crippen LogP contribution >= 0.6 is 9.12 Å². The van der Waals surface area contributed by atoms with Gasteiger partial charge in [0.2, 0.25) is 0 Å². The molecular weight excluding hydrogens is 479 g/mol. The largest absolute Gasteiger partial charge is 0.465 e. The van der Waals surface area contributed by atoms with Gasteiger partial charge in [-0.15, -0.1) is 0 Å². The van der Waals surface area contributed by atoms with Crippen LogP contribution < -0.4 is 0 Å². The Morgan fingerprint density at radius 1 is 0.838 bits per heavy atom. The van der Waals surface area contributed by atoms with Crippen molar-refractivity contribution in [2.45, 2.75) is 132 Å². The maximum atomic E-state index is 13.6. The van der Waals surface area contributed by atoms with Crippen molar-refractivity contribution in [1.82, 2.24) is 0 Å². The van der Waals surface area contributed by atoms with E-state index in [1.54, 1.807) is 0 Å². The number of unbranched alkanes of at least 4 members (excludes halogenated alkanes) is 9. The van der Waals surface area contributed by atoms with Gasteiger partial charge in [0.1, 0.15) is 5.92 Å². The number of ketones is 1. The number of hydrogen-bond donors (Lipinski definition) is 0. The van der Waals surface area contributed by atoms with Gasteiger partial charge in [-0.2, -0.15) is 0 Å². The van der Waals surface area contributed by atoms with E-state index in [1.807, 2.05) is 32.9 Å². The molecule has 0 aliphatic carbocycles. The number of hydrogen-bond acceptors (Lipinski definition) is 4. The highest BCUT2D eigenvalue weighted by Gasteiger charge is 2.33. The fraction of sp³-hybridized carbons (Fsp3) is 0.750. The number of Topliss-reactive ketones (excluding diaryl/α,β-unsaturated/α-hetero) is 1. The SMILES string of the molecule is CCCCCCCCCCCCOC(=O)C(CC(C)CC(C)(C)C)C(=O)c1c(C)cc(C)cc1C.O=[PH3]. The quantitative estimate of drug-likeness (QED) is 0.0654. The molecule has 0 amide bonds. The lowest BCUT2D eigenvalue weighted by atomic mass is 9.79. The van der Waals surface area contributed by atoms with Crippen molar-refractivity contribution in [3.05, 3.63) is 34.4 Å². The average Bonchev–Trinajstić information content (AvgIpc) is 2.80. The van der Waals surface area contributed by atoms with Crippen molar-refractivity contribution in [1.29, 1.82) is 0 Å². The van der Waals surface area contributed by atoms with Crippen molar-refractivity contribution < 1.29 is 18.9 Å². The Labute approximate surface area is 230 Å². The van der Waals surface area contributed by atoms with Crippen molar-refractivity contribution in [2.75, 3.05) is 6.61 Å². The third-order valence-electron chi connectivity index (χ3n) is 6.87. The van der Waals surface area contributed by atoms with Crippen LogP contribution in [0.25, 0.3) is 0 Å². The number of aryl methyl sites for hydroxylation is 3. The molecule has 0 radical (unpaired) electrons. The topological polar surface area (TPSA) is 60.4 Å². The molecule has 37 heavy (non-hydrogen) atoms. The van der Waals surface area contributed by atoms with Crippen LogP contribution in [0.5, 0.6) is 0 Å². The maximum Gasteiger partial charge on any atom is 0.316 e. The zero-order valence-electron chi connectivity index (χ0n) is 25.3. The van der Waals surface area contributed by atoms with Gasteiger partial charge in [0, 0.05) is 5.56 Å². The van der Waals surface area contributed by atoms with Gasteiger partial charge in [-0.25, -0.2) is 0 Å². The normalized spacial score (nSPS) is 13.0. The minimum Gasteiger partial charge on any atom is -0.465 e. The predicted molar refractivity (Wildman–Crippen MR) is 161 cm³/mol. The van der Waals surface area contributed by atoms with Gasteiger partial charge in [-0.3, -0.25) is 9.59 Å². The third kappa shape index (κ3) is 15.6. The van der Waals surface area contributed by atoms with Crippen molar-refractivity contribution in [3.63, 3.8) is 0 Å². The monoisotopic (exact) mass is 536 g/mol. The van der Waals surface area contributed by atoms with Gasteiger partial charge in [-0.1, -0.05) is 110 Å². The van der Waals surface area contributed by atoms with Crippen LogP contribution in [0.15, 0.2) is 12.1 Å². The van der Waals surface area contributed by atoms with Gasteiger partial charge < -0.3 is 9.30 Å². The standard InChI is InChI=1S/C32H54O3.H3OP/c1-9-10-11-12-13-14-15-16-17-18-19-35-31(34)28(22-25(3)23-32(6,7)8)30(33)29-26(4)20-24(2)21-27(29)5;1-2/h20-21,25,28H,9-19,22-23H2,1-8H3;2H3. The summed E-state index contributed by atoms with van der Waals surface area (Å²) in [5.41, 5.74) is 3.88. The molecule has 3 unspecified atom stereocenters. The summed E-state index contributed by atoms with van der Waals surface area (Å²) in [6, 6.07) is 4.07. The molecule has 0 N–H and O–H groups in total. The van der Waals surface area contributed by atoms with E-state index in [1.165, 1.54) is 51.4 Å². The Hall–Kier alpha value is -1.41. The molecule has 0 spiro atoms. The average molecular weight is 537 g/mol. The first kappa shape index (κ1) is 35.6. The fourth-order valence-corrected chi connectivity index (χ4v) is 5.45. The number of benzene rings is 1. The zero-order valence-corrected chi connectivity index (χ0v) is 26.8. The predicted octanol–water partition coefficient (Wildman–Crippen LogP) is 9.28. The van der Waals surface area contributed by atoms with Gasteiger partial charge in [0.15, 0.2) is 5.78 Å². The number of carbonyl (C=O) groups excluding carboxylic acids is 2. The second-order valence-corrected chi connectivity index (χ2v) is 12.1. The molecule has 0 saturated carbocycles. The lowest BCUT2D eigenvalue weighted by molar-refractivity contribution is -0.147.